The van der Waals surface area contributed by atoms with E-state index in [0.717, 1.165) is 45.1 Å². The third-order valence-electron chi connectivity index (χ3n) is 7.60. The number of hydrogen-bond donors (Lipinski definition) is 1. The Bertz CT molecular complexity index is 702. The lowest BCUT2D eigenvalue weighted by molar-refractivity contribution is -0.123. The van der Waals surface area contributed by atoms with Gasteiger partial charge in [-0.3, -0.25) is 9.69 Å². The molecule has 2 aliphatic carbocycles. The zero-order chi connectivity index (χ0) is 20.4. The van der Waals surface area contributed by atoms with Crippen molar-refractivity contribution in [3.63, 3.8) is 0 Å². The summed E-state index contributed by atoms with van der Waals surface area (Å²) in [5, 5.41) is 3.37. The molecule has 1 N–H and O–H groups in total. The van der Waals surface area contributed by atoms with Gasteiger partial charge in [-0.05, 0) is 75.0 Å². The highest BCUT2D eigenvalue weighted by Gasteiger charge is 2.44. The Balaban J connectivity index is 1.18. The number of piperazine rings is 1. The number of nitrogens with zero attached hydrogens (tertiary/aromatic N) is 2. The van der Waals surface area contributed by atoms with Crippen LogP contribution in [-0.4, -0.2) is 49.6 Å². The molecular weight excluding hydrogens is 358 g/mol. The molecular formula is C25H39N3O. The highest BCUT2D eigenvalue weighted by molar-refractivity contribution is 5.81. The van der Waals surface area contributed by atoms with E-state index < -0.39 is 0 Å². The first-order valence-electron chi connectivity index (χ1n) is 11.9. The van der Waals surface area contributed by atoms with E-state index in [1.54, 1.807) is 0 Å². The van der Waals surface area contributed by atoms with Crippen molar-refractivity contribution in [2.45, 2.75) is 65.3 Å². The molecule has 29 heavy (non-hydrogen) atoms. The van der Waals surface area contributed by atoms with Crippen molar-refractivity contribution in [2.75, 3.05) is 37.6 Å². The van der Waals surface area contributed by atoms with E-state index in [2.05, 4.69) is 54.1 Å². The first kappa shape index (κ1) is 20.7. The van der Waals surface area contributed by atoms with Crippen LogP contribution in [0.25, 0.3) is 0 Å². The summed E-state index contributed by atoms with van der Waals surface area (Å²) < 4.78 is 0. The third kappa shape index (κ3) is 5.14. The highest BCUT2D eigenvalue weighted by Crippen LogP contribution is 2.40. The fraction of sp³-hybridized carbons (Fsp3) is 0.720. The minimum absolute atomic E-state index is 0.274. The number of rotatable bonds is 6. The number of amides is 1. The molecule has 1 saturated heterocycles. The molecule has 4 nitrogen and oxygen atoms in total. The summed E-state index contributed by atoms with van der Waals surface area (Å²) in [6.07, 6.45) is 7.33. The number of hydrogen-bond acceptors (Lipinski definition) is 3. The molecule has 160 valence electrons. The summed E-state index contributed by atoms with van der Waals surface area (Å²) in [7, 11) is 0. The van der Waals surface area contributed by atoms with Crippen LogP contribution in [0.3, 0.4) is 0 Å². The molecule has 1 aromatic rings. The minimum Gasteiger partial charge on any atom is -0.369 e. The molecule has 0 spiro atoms. The van der Waals surface area contributed by atoms with Gasteiger partial charge in [0.05, 0.1) is 0 Å². The quantitative estimate of drug-likeness (QED) is 0.783. The molecule has 0 radical (unpaired) electrons. The monoisotopic (exact) mass is 397 g/mol. The van der Waals surface area contributed by atoms with Gasteiger partial charge < -0.3 is 10.2 Å². The molecule has 4 heteroatoms. The van der Waals surface area contributed by atoms with E-state index in [0.29, 0.717) is 17.9 Å². The first-order valence-corrected chi connectivity index (χ1v) is 11.9. The normalized spacial score (nSPS) is 30.2. The van der Waals surface area contributed by atoms with Gasteiger partial charge in [-0.1, -0.05) is 25.5 Å². The van der Waals surface area contributed by atoms with Crippen LogP contribution in [0, 0.1) is 31.6 Å². The topological polar surface area (TPSA) is 35.6 Å². The zero-order valence-electron chi connectivity index (χ0n) is 18.6. The molecule has 1 heterocycles. The average Bonchev–Trinajstić information content (AvgIpc) is 3.50. The maximum absolute atomic E-state index is 12.6. The maximum atomic E-state index is 12.6. The summed E-state index contributed by atoms with van der Waals surface area (Å²) >= 11 is 0. The van der Waals surface area contributed by atoms with Crippen molar-refractivity contribution in [3.05, 3.63) is 29.3 Å². The van der Waals surface area contributed by atoms with Crippen LogP contribution in [0.5, 0.6) is 0 Å². The van der Waals surface area contributed by atoms with Crippen molar-refractivity contribution >= 4 is 11.6 Å². The number of benzene rings is 1. The Morgan fingerprint density at radius 2 is 1.79 bits per heavy atom. The second kappa shape index (κ2) is 9.07. The predicted molar refractivity (Wildman–Crippen MR) is 120 cm³/mol. The van der Waals surface area contributed by atoms with Gasteiger partial charge in [0, 0.05) is 50.4 Å². The van der Waals surface area contributed by atoms with Gasteiger partial charge in [0.15, 0.2) is 0 Å². The second-order valence-corrected chi connectivity index (χ2v) is 9.81. The highest BCUT2D eigenvalue weighted by atomic mass is 16.2. The smallest absolute Gasteiger partial charge is 0.223 e. The fourth-order valence-electron chi connectivity index (χ4n) is 5.36. The Morgan fingerprint density at radius 1 is 1.07 bits per heavy atom. The number of aryl methyl sites for hydroxylation is 2. The molecule has 0 bridgehead atoms. The van der Waals surface area contributed by atoms with Gasteiger partial charge in [0.25, 0.3) is 0 Å². The Kier molecular flexibility index (Phi) is 6.48. The fourth-order valence-corrected chi connectivity index (χ4v) is 5.36. The lowest BCUT2D eigenvalue weighted by atomic mass is 9.84. The third-order valence-corrected chi connectivity index (χ3v) is 7.60. The van der Waals surface area contributed by atoms with E-state index in [9.17, 15) is 4.79 Å². The van der Waals surface area contributed by atoms with Crippen LogP contribution < -0.4 is 10.2 Å². The van der Waals surface area contributed by atoms with E-state index in [1.165, 1.54) is 48.9 Å². The molecule has 0 aromatic heterocycles. The van der Waals surface area contributed by atoms with Crippen molar-refractivity contribution < 1.29 is 4.79 Å². The Morgan fingerprint density at radius 3 is 2.48 bits per heavy atom. The number of anilines is 1. The van der Waals surface area contributed by atoms with Gasteiger partial charge in [-0.15, -0.1) is 0 Å². The van der Waals surface area contributed by atoms with E-state index in [1.807, 2.05) is 0 Å². The average molecular weight is 398 g/mol. The Hall–Kier alpha value is -1.55. The summed E-state index contributed by atoms with van der Waals surface area (Å²) in [4.78, 5) is 17.8. The van der Waals surface area contributed by atoms with Gasteiger partial charge in [-0.2, -0.15) is 0 Å². The lowest BCUT2D eigenvalue weighted by Gasteiger charge is -2.37. The summed E-state index contributed by atoms with van der Waals surface area (Å²) in [6, 6.07) is 7.19. The van der Waals surface area contributed by atoms with Crippen LogP contribution in [0.2, 0.25) is 0 Å². The van der Waals surface area contributed by atoms with Crippen molar-refractivity contribution in [1.82, 2.24) is 10.2 Å². The second-order valence-electron chi connectivity index (χ2n) is 9.81. The first-order chi connectivity index (χ1) is 14.0. The van der Waals surface area contributed by atoms with Crippen LogP contribution >= 0.6 is 0 Å². The van der Waals surface area contributed by atoms with Crippen LogP contribution in [-0.2, 0) is 4.79 Å². The number of nitrogens with one attached hydrogen (secondary N) is 1. The molecule has 1 aliphatic heterocycles. The van der Waals surface area contributed by atoms with Crippen molar-refractivity contribution in [2.24, 2.45) is 17.8 Å². The molecule has 1 amide bonds. The summed E-state index contributed by atoms with van der Waals surface area (Å²) in [5.41, 5.74) is 4.10. The lowest BCUT2D eigenvalue weighted by Crippen LogP contribution is -2.47. The van der Waals surface area contributed by atoms with Crippen molar-refractivity contribution in [1.29, 1.82) is 0 Å². The van der Waals surface area contributed by atoms with Gasteiger partial charge >= 0.3 is 0 Å². The van der Waals surface area contributed by atoms with Crippen LogP contribution in [0.4, 0.5) is 5.69 Å². The van der Waals surface area contributed by atoms with E-state index in [-0.39, 0.29) is 5.92 Å². The largest absolute Gasteiger partial charge is 0.369 e. The van der Waals surface area contributed by atoms with Crippen LogP contribution in [0.15, 0.2) is 18.2 Å². The zero-order valence-corrected chi connectivity index (χ0v) is 18.6. The Labute approximate surface area is 177 Å². The SMILES string of the molecule is CCC1CCC(NC(=O)[C@H]2CC2CN2CCN(c3cc(C)ccc3C)CC2)CC1. The molecule has 3 fully saturated rings. The summed E-state index contributed by atoms with van der Waals surface area (Å²) in [5.74, 6) is 2.08. The minimum atomic E-state index is 0.274. The maximum Gasteiger partial charge on any atom is 0.223 e. The van der Waals surface area contributed by atoms with Gasteiger partial charge in [-0.25, -0.2) is 0 Å². The standard InChI is InChI=1S/C25H39N3O/c1-4-20-7-9-22(10-8-20)26-25(29)23-16-21(23)17-27-11-13-28(14-12-27)24-15-18(2)5-6-19(24)3/h5-6,15,20-23H,4,7-14,16-17H2,1-3H3,(H,26,29)/t20?,21?,22?,23-/m0/s1. The molecule has 4 rings (SSSR count). The summed E-state index contributed by atoms with van der Waals surface area (Å²) in [6.45, 7) is 12.2. The predicted octanol–water partition coefficient (Wildman–Crippen LogP) is 4.15. The molecule has 2 saturated carbocycles. The van der Waals surface area contributed by atoms with E-state index >= 15 is 0 Å². The van der Waals surface area contributed by atoms with Crippen LogP contribution in [0.1, 0.15) is 56.6 Å². The number of carbonyl (C=O) groups excluding carboxylic acids is 1. The van der Waals surface area contributed by atoms with Gasteiger partial charge in [0.2, 0.25) is 5.91 Å². The molecule has 1 unspecified atom stereocenters. The van der Waals surface area contributed by atoms with E-state index in [4.69, 9.17) is 0 Å². The molecule has 2 atom stereocenters. The van der Waals surface area contributed by atoms with Crippen molar-refractivity contribution in [3.8, 4) is 0 Å². The molecule has 3 aliphatic rings. The molecule has 1 aromatic carbocycles. The number of carbonyl (C=O) groups is 1. The van der Waals surface area contributed by atoms with Gasteiger partial charge in [0.1, 0.15) is 0 Å².